The van der Waals surface area contributed by atoms with Gasteiger partial charge in [0.15, 0.2) is 0 Å². The first-order chi connectivity index (χ1) is 11.7. The lowest BCUT2D eigenvalue weighted by Gasteiger charge is -2.32. The molecular weight excluding hydrogens is 306 g/mol. The average molecular weight is 327 g/mol. The molecule has 1 saturated heterocycles. The molecule has 0 aliphatic carbocycles. The van der Waals surface area contributed by atoms with Crippen molar-refractivity contribution in [3.63, 3.8) is 0 Å². The molecule has 1 aromatic carbocycles. The van der Waals surface area contributed by atoms with E-state index in [9.17, 15) is 4.79 Å². The topological polar surface area (TPSA) is 64.6 Å². The van der Waals surface area contributed by atoms with Gasteiger partial charge in [-0.3, -0.25) is 4.79 Å². The third kappa shape index (κ3) is 3.82. The molecular formula is C18H21N3O3. The molecule has 6 nitrogen and oxygen atoms in total. The number of rotatable bonds is 4. The van der Waals surface area contributed by atoms with Crippen LogP contribution in [0, 0.1) is 6.92 Å². The van der Waals surface area contributed by atoms with Crippen LogP contribution in [0.4, 0.5) is 0 Å². The summed E-state index contributed by atoms with van der Waals surface area (Å²) in [5.41, 5.74) is 1.89. The third-order valence-corrected chi connectivity index (χ3v) is 4.11. The maximum absolute atomic E-state index is 12.5. The van der Waals surface area contributed by atoms with Crippen molar-refractivity contribution in [3.8, 4) is 11.9 Å². The molecule has 0 N–H and O–H groups in total. The van der Waals surface area contributed by atoms with Crippen molar-refractivity contribution in [3.05, 3.63) is 47.7 Å². The van der Waals surface area contributed by atoms with E-state index in [0.29, 0.717) is 25.0 Å². The molecule has 2 heterocycles. The second-order valence-electron chi connectivity index (χ2n) is 5.86. The first-order valence-electron chi connectivity index (χ1n) is 8.05. The van der Waals surface area contributed by atoms with Gasteiger partial charge in [-0.05, 0) is 19.1 Å². The number of likely N-dealkylation sites (tertiary alicyclic amines) is 1. The number of carbonyl (C=O) groups is 1. The number of benzene rings is 1. The Hall–Kier alpha value is -2.63. The number of aromatic nitrogens is 2. The highest BCUT2D eigenvalue weighted by Gasteiger charge is 2.25. The van der Waals surface area contributed by atoms with E-state index in [1.54, 1.807) is 12.3 Å². The van der Waals surface area contributed by atoms with E-state index >= 15 is 0 Å². The van der Waals surface area contributed by atoms with Crippen LogP contribution >= 0.6 is 0 Å². The van der Waals surface area contributed by atoms with E-state index in [4.69, 9.17) is 9.47 Å². The number of amides is 1. The third-order valence-electron chi connectivity index (χ3n) is 4.11. The number of aryl methyl sites for hydroxylation is 1. The monoisotopic (exact) mass is 327 g/mol. The maximum atomic E-state index is 12.5. The Morgan fingerprint density at radius 2 is 1.88 bits per heavy atom. The fourth-order valence-electron chi connectivity index (χ4n) is 2.72. The fourth-order valence-corrected chi connectivity index (χ4v) is 2.72. The molecule has 0 spiro atoms. The highest BCUT2D eigenvalue weighted by molar-refractivity contribution is 5.94. The minimum absolute atomic E-state index is 0.0478. The van der Waals surface area contributed by atoms with Crippen molar-refractivity contribution in [2.75, 3.05) is 20.2 Å². The predicted molar refractivity (Wildman–Crippen MR) is 89.3 cm³/mol. The van der Waals surface area contributed by atoms with Crippen LogP contribution in [-0.2, 0) is 0 Å². The average Bonchev–Trinajstić information content (AvgIpc) is 2.62. The lowest BCUT2D eigenvalue weighted by Crippen LogP contribution is -2.41. The molecule has 24 heavy (non-hydrogen) atoms. The first-order valence-corrected chi connectivity index (χ1v) is 8.05. The molecule has 0 atom stereocenters. The quantitative estimate of drug-likeness (QED) is 0.863. The normalized spacial score (nSPS) is 15.2. The van der Waals surface area contributed by atoms with E-state index in [1.165, 1.54) is 7.11 Å². The number of nitrogens with zero attached hydrogens (tertiary/aromatic N) is 3. The summed E-state index contributed by atoms with van der Waals surface area (Å²) >= 11 is 0. The molecule has 0 unspecified atom stereocenters. The zero-order chi connectivity index (χ0) is 16.9. The molecule has 1 aliphatic rings. The summed E-state index contributed by atoms with van der Waals surface area (Å²) in [6.07, 6.45) is 3.22. The minimum Gasteiger partial charge on any atom is -0.474 e. The molecule has 1 aromatic heterocycles. The van der Waals surface area contributed by atoms with Gasteiger partial charge < -0.3 is 14.4 Å². The Morgan fingerprint density at radius 3 is 2.54 bits per heavy atom. The van der Waals surface area contributed by atoms with Gasteiger partial charge in [0.05, 0.1) is 7.11 Å². The van der Waals surface area contributed by atoms with Crippen LogP contribution in [0.25, 0.3) is 0 Å². The number of carbonyl (C=O) groups excluding carboxylic acids is 1. The number of piperidine rings is 1. The van der Waals surface area contributed by atoms with E-state index in [-0.39, 0.29) is 12.0 Å². The molecule has 1 amide bonds. The van der Waals surface area contributed by atoms with Crippen molar-refractivity contribution in [2.24, 2.45) is 0 Å². The van der Waals surface area contributed by atoms with Crippen LogP contribution in [0.15, 0.2) is 36.5 Å². The van der Waals surface area contributed by atoms with E-state index in [0.717, 1.165) is 24.0 Å². The number of hydrogen-bond acceptors (Lipinski definition) is 5. The lowest BCUT2D eigenvalue weighted by atomic mass is 10.1. The Kier molecular flexibility index (Phi) is 4.93. The van der Waals surface area contributed by atoms with Crippen molar-refractivity contribution < 1.29 is 14.3 Å². The van der Waals surface area contributed by atoms with Crippen LogP contribution in [0.2, 0.25) is 0 Å². The Morgan fingerprint density at radius 1 is 1.17 bits per heavy atom. The van der Waals surface area contributed by atoms with Crippen molar-refractivity contribution in [2.45, 2.75) is 25.9 Å². The highest BCUT2D eigenvalue weighted by Crippen LogP contribution is 2.20. The summed E-state index contributed by atoms with van der Waals surface area (Å²) in [6.45, 7) is 3.37. The SMILES string of the molecule is COc1nccc(OC2CCN(C(=O)c3ccc(C)cc3)CC2)n1. The summed E-state index contributed by atoms with van der Waals surface area (Å²) in [5.74, 6) is 0.585. The first kappa shape index (κ1) is 16.2. The van der Waals surface area contributed by atoms with Crippen LogP contribution in [0.3, 0.4) is 0 Å². The van der Waals surface area contributed by atoms with Gasteiger partial charge in [0.2, 0.25) is 5.88 Å². The van der Waals surface area contributed by atoms with E-state index in [2.05, 4.69) is 9.97 Å². The largest absolute Gasteiger partial charge is 0.474 e. The molecule has 0 bridgehead atoms. The zero-order valence-corrected chi connectivity index (χ0v) is 13.9. The summed E-state index contributed by atoms with van der Waals surface area (Å²) in [7, 11) is 1.52. The zero-order valence-electron chi connectivity index (χ0n) is 13.9. The van der Waals surface area contributed by atoms with Gasteiger partial charge >= 0.3 is 6.01 Å². The van der Waals surface area contributed by atoms with Gasteiger partial charge in [-0.1, -0.05) is 17.7 Å². The van der Waals surface area contributed by atoms with E-state index in [1.807, 2.05) is 36.1 Å². The smallest absolute Gasteiger partial charge is 0.319 e. The fraction of sp³-hybridized carbons (Fsp3) is 0.389. The van der Waals surface area contributed by atoms with Gasteiger partial charge in [0, 0.05) is 43.8 Å². The molecule has 0 saturated carbocycles. The molecule has 126 valence electrons. The highest BCUT2D eigenvalue weighted by atomic mass is 16.5. The summed E-state index contributed by atoms with van der Waals surface area (Å²) in [6, 6.07) is 9.70. The molecule has 6 heteroatoms. The summed E-state index contributed by atoms with van der Waals surface area (Å²) in [5, 5.41) is 0. The summed E-state index contributed by atoms with van der Waals surface area (Å²) in [4.78, 5) is 22.5. The van der Waals surface area contributed by atoms with Crippen molar-refractivity contribution in [1.82, 2.24) is 14.9 Å². The molecule has 1 aliphatic heterocycles. The van der Waals surface area contributed by atoms with Crippen LogP contribution in [-0.4, -0.2) is 47.1 Å². The molecule has 3 rings (SSSR count). The Labute approximate surface area is 141 Å². The van der Waals surface area contributed by atoms with Crippen molar-refractivity contribution in [1.29, 1.82) is 0 Å². The Bertz CT molecular complexity index is 695. The van der Waals surface area contributed by atoms with Crippen molar-refractivity contribution >= 4 is 5.91 Å². The van der Waals surface area contributed by atoms with Gasteiger partial charge in [-0.25, -0.2) is 4.98 Å². The molecule has 1 fully saturated rings. The van der Waals surface area contributed by atoms with Crippen LogP contribution in [0.5, 0.6) is 11.9 Å². The minimum atomic E-state index is 0.0478. The van der Waals surface area contributed by atoms with Crippen LogP contribution in [0.1, 0.15) is 28.8 Å². The molecule has 2 aromatic rings. The maximum Gasteiger partial charge on any atom is 0.319 e. The Balaban J connectivity index is 1.55. The molecule has 0 radical (unpaired) electrons. The number of ether oxygens (including phenoxy) is 2. The van der Waals surface area contributed by atoms with Crippen LogP contribution < -0.4 is 9.47 Å². The predicted octanol–water partition coefficient (Wildman–Crippen LogP) is 2.48. The lowest BCUT2D eigenvalue weighted by molar-refractivity contribution is 0.0586. The number of hydrogen-bond donors (Lipinski definition) is 0. The number of methoxy groups -OCH3 is 1. The second kappa shape index (κ2) is 7.29. The van der Waals surface area contributed by atoms with Gasteiger partial charge in [-0.15, -0.1) is 0 Å². The second-order valence-corrected chi connectivity index (χ2v) is 5.86. The van der Waals surface area contributed by atoms with Gasteiger partial charge in [-0.2, -0.15) is 4.98 Å². The summed E-state index contributed by atoms with van der Waals surface area (Å²) < 4.78 is 10.9. The van der Waals surface area contributed by atoms with E-state index < -0.39 is 0 Å². The standard InChI is InChI=1S/C18H21N3O3/c1-13-3-5-14(6-4-13)17(22)21-11-8-15(9-12-21)24-16-7-10-19-18(20-16)23-2/h3-7,10,15H,8-9,11-12H2,1-2H3. The van der Waals surface area contributed by atoms with Gasteiger partial charge in [0.1, 0.15) is 6.10 Å². The van der Waals surface area contributed by atoms with Gasteiger partial charge in [0.25, 0.3) is 5.91 Å².